The van der Waals surface area contributed by atoms with Crippen molar-refractivity contribution in [2.24, 2.45) is 0 Å². The average molecular weight is 521 g/mol. The van der Waals surface area contributed by atoms with Crippen molar-refractivity contribution in [3.05, 3.63) is 53.6 Å². The molecule has 1 saturated heterocycles. The molecule has 0 radical (unpaired) electrons. The summed E-state index contributed by atoms with van der Waals surface area (Å²) in [5.41, 5.74) is 7.57. The van der Waals surface area contributed by atoms with Gasteiger partial charge in [0.1, 0.15) is 4.99 Å². The SMILES string of the molecule is Cc1ccc(N2CCN(C(=S)COC3CCC(N(C)c4ccc(N)c(C(F)(F)F)c4)CC3)CC2)cc1. The summed E-state index contributed by atoms with van der Waals surface area (Å²) in [5, 5.41) is 0. The van der Waals surface area contributed by atoms with Crippen LogP contribution in [0, 0.1) is 6.92 Å². The van der Waals surface area contributed by atoms with Gasteiger partial charge in [-0.15, -0.1) is 0 Å². The van der Waals surface area contributed by atoms with Crippen molar-refractivity contribution in [1.82, 2.24) is 4.90 Å². The fourth-order valence-corrected chi connectivity index (χ4v) is 5.32. The van der Waals surface area contributed by atoms with Crippen molar-refractivity contribution in [3.8, 4) is 0 Å². The van der Waals surface area contributed by atoms with Gasteiger partial charge >= 0.3 is 6.18 Å². The van der Waals surface area contributed by atoms with E-state index in [0.29, 0.717) is 12.3 Å². The number of nitrogens with two attached hydrogens (primary N) is 1. The number of ether oxygens (including phenoxy) is 1. The van der Waals surface area contributed by atoms with Gasteiger partial charge in [-0.2, -0.15) is 13.2 Å². The fraction of sp³-hybridized carbons (Fsp3) is 0.519. The zero-order valence-electron chi connectivity index (χ0n) is 20.9. The van der Waals surface area contributed by atoms with E-state index in [1.165, 1.54) is 17.3 Å². The number of nitrogen functional groups attached to an aromatic ring is 1. The summed E-state index contributed by atoms with van der Waals surface area (Å²) >= 11 is 5.67. The topological polar surface area (TPSA) is 45.0 Å². The van der Waals surface area contributed by atoms with Crippen LogP contribution >= 0.6 is 12.2 Å². The van der Waals surface area contributed by atoms with Gasteiger partial charge in [0, 0.05) is 56.3 Å². The lowest BCUT2D eigenvalue weighted by Gasteiger charge is -2.38. The van der Waals surface area contributed by atoms with Crippen LogP contribution in [0.2, 0.25) is 0 Å². The molecule has 1 saturated carbocycles. The highest BCUT2D eigenvalue weighted by Gasteiger charge is 2.34. The third-order valence-corrected chi connectivity index (χ3v) is 7.79. The highest BCUT2D eigenvalue weighted by Crippen LogP contribution is 2.37. The molecule has 5 nitrogen and oxygen atoms in total. The molecule has 2 aliphatic rings. The number of aryl methyl sites for hydroxylation is 1. The summed E-state index contributed by atoms with van der Waals surface area (Å²) in [6, 6.07) is 12.9. The van der Waals surface area contributed by atoms with Crippen molar-refractivity contribution in [2.75, 3.05) is 55.4 Å². The van der Waals surface area contributed by atoms with E-state index in [0.717, 1.165) is 62.9 Å². The minimum Gasteiger partial charge on any atom is -0.398 e. The van der Waals surface area contributed by atoms with E-state index in [4.69, 9.17) is 22.7 Å². The summed E-state index contributed by atoms with van der Waals surface area (Å²) < 4.78 is 45.9. The normalized spacial score (nSPS) is 20.9. The van der Waals surface area contributed by atoms with E-state index >= 15 is 0 Å². The second-order valence-corrected chi connectivity index (χ2v) is 10.3. The van der Waals surface area contributed by atoms with Crippen molar-refractivity contribution >= 4 is 34.3 Å². The predicted molar refractivity (Wildman–Crippen MR) is 144 cm³/mol. The van der Waals surface area contributed by atoms with Gasteiger partial charge in [-0.3, -0.25) is 0 Å². The smallest absolute Gasteiger partial charge is 0.398 e. The molecule has 0 amide bonds. The second kappa shape index (κ2) is 11.3. The largest absolute Gasteiger partial charge is 0.418 e. The molecule has 2 fully saturated rings. The second-order valence-electron chi connectivity index (χ2n) is 9.83. The van der Waals surface area contributed by atoms with Crippen LogP contribution in [0.15, 0.2) is 42.5 Å². The predicted octanol–water partition coefficient (Wildman–Crippen LogP) is 5.51. The zero-order chi connectivity index (χ0) is 25.9. The molecule has 0 unspecified atom stereocenters. The van der Waals surface area contributed by atoms with Gasteiger partial charge < -0.3 is 25.2 Å². The van der Waals surface area contributed by atoms with Gasteiger partial charge in [0.2, 0.25) is 0 Å². The van der Waals surface area contributed by atoms with Crippen molar-refractivity contribution in [1.29, 1.82) is 0 Å². The molecule has 2 aromatic carbocycles. The number of nitrogens with zero attached hydrogens (tertiary/aromatic N) is 3. The quantitative estimate of drug-likeness (QED) is 0.400. The van der Waals surface area contributed by atoms with E-state index in [2.05, 4.69) is 41.0 Å². The van der Waals surface area contributed by atoms with Crippen LogP contribution < -0.4 is 15.5 Å². The lowest BCUT2D eigenvalue weighted by atomic mass is 9.91. The molecular formula is C27H35F3N4OS. The maximum atomic E-state index is 13.2. The van der Waals surface area contributed by atoms with Gasteiger partial charge in [0.15, 0.2) is 0 Å². The molecule has 1 aliphatic carbocycles. The number of alkyl halides is 3. The number of halogens is 3. The molecule has 2 aromatic rings. The van der Waals surface area contributed by atoms with Crippen LogP contribution in [-0.4, -0.2) is 61.9 Å². The Labute approximate surface area is 217 Å². The first kappa shape index (κ1) is 26.5. The van der Waals surface area contributed by atoms with Crippen LogP contribution in [0.3, 0.4) is 0 Å². The Bertz CT molecular complexity index is 1030. The van der Waals surface area contributed by atoms with E-state index in [9.17, 15) is 13.2 Å². The number of piperazine rings is 1. The maximum Gasteiger partial charge on any atom is 0.418 e. The standard InChI is InChI=1S/C27H35F3N4OS/c1-19-3-5-21(6-4-19)33-13-15-34(16-14-33)26(36)18-35-23-10-7-20(8-11-23)32(2)22-9-12-25(31)24(17-22)27(28,29)30/h3-6,9,12,17,20,23H,7-8,10-11,13-16,18,31H2,1-2H3. The number of benzene rings is 2. The molecule has 9 heteroatoms. The molecule has 196 valence electrons. The van der Waals surface area contributed by atoms with Gasteiger partial charge in [-0.25, -0.2) is 0 Å². The van der Waals surface area contributed by atoms with Crippen molar-refractivity contribution in [2.45, 2.75) is 50.9 Å². The van der Waals surface area contributed by atoms with Crippen LogP contribution in [0.5, 0.6) is 0 Å². The van der Waals surface area contributed by atoms with Gasteiger partial charge in [-0.1, -0.05) is 29.9 Å². The number of anilines is 3. The van der Waals surface area contributed by atoms with Crippen molar-refractivity contribution in [3.63, 3.8) is 0 Å². The first-order valence-electron chi connectivity index (χ1n) is 12.5. The monoisotopic (exact) mass is 520 g/mol. The summed E-state index contributed by atoms with van der Waals surface area (Å²) in [6.45, 7) is 6.17. The minimum absolute atomic E-state index is 0.124. The Hall–Kier alpha value is -2.52. The van der Waals surface area contributed by atoms with Crippen LogP contribution in [0.1, 0.15) is 36.8 Å². The van der Waals surface area contributed by atoms with Crippen LogP contribution in [-0.2, 0) is 10.9 Å². The Kier molecular flexibility index (Phi) is 8.30. The Morgan fingerprint density at radius 3 is 2.28 bits per heavy atom. The first-order chi connectivity index (χ1) is 17.1. The third kappa shape index (κ3) is 6.42. The number of hydrogen-bond donors (Lipinski definition) is 1. The Balaban J connectivity index is 1.21. The molecule has 1 aliphatic heterocycles. The molecule has 2 N–H and O–H groups in total. The van der Waals surface area contributed by atoms with Crippen LogP contribution in [0.4, 0.5) is 30.2 Å². The zero-order valence-corrected chi connectivity index (χ0v) is 21.7. The highest BCUT2D eigenvalue weighted by molar-refractivity contribution is 7.80. The molecule has 0 atom stereocenters. The molecule has 0 spiro atoms. The Morgan fingerprint density at radius 2 is 1.67 bits per heavy atom. The maximum absolute atomic E-state index is 13.2. The van der Waals surface area contributed by atoms with E-state index < -0.39 is 11.7 Å². The summed E-state index contributed by atoms with van der Waals surface area (Å²) in [5.74, 6) is 0. The first-order valence-corrected chi connectivity index (χ1v) is 12.9. The van der Waals surface area contributed by atoms with Crippen molar-refractivity contribution < 1.29 is 17.9 Å². The lowest BCUT2D eigenvalue weighted by Crippen LogP contribution is -2.49. The fourth-order valence-electron chi connectivity index (χ4n) is 5.07. The average Bonchev–Trinajstić information content (AvgIpc) is 2.87. The molecule has 1 heterocycles. The van der Waals surface area contributed by atoms with Gasteiger partial charge in [-0.05, 0) is 62.9 Å². The lowest BCUT2D eigenvalue weighted by molar-refractivity contribution is -0.136. The molecular weight excluding hydrogens is 485 g/mol. The van der Waals surface area contributed by atoms with E-state index in [1.54, 1.807) is 6.07 Å². The van der Waals surface area contributed by atoms with Gasteiger partial charge in [0.05, 0.1) is 18.3 Å². The van der Waals surface area contributed by atoms with Gasteiger partial charge in [0.25, 0.3) is 0 Å². The molecule has 0 bridgehead atoms. The number of hydrogen-bond acceptors (Lipinski definition) is 5. The molecule has 36 heavy (non-hydrogen) atoms. The number of thiocarbonyl (C=S) groups is 1. The Morgan fingerprint density at radius 1 is 1.03 bits per heavy atom. The summed E-state index contributed by atoms with van der Waals surface area (Å²) in [6.07, 6.45) is -0.902. The summed E-state index contributed by atoms with van der Waals surface area (Å²) in [7, 11) is 1.85. The summed E-state index contributed by atoms with van der Waals surface area (Å²) in [4.78, 5) is 7.40. The number of rotatable bonds is 6. The molecule has 4 rings (SSSR count). The van der Waals surface area contributed by atoms with E-state index in [1.807, 2.05) is 11.9 Å². The minimum atomic E-state index is -4.46. The third-order valence-electron chi connectivity index (χ3n) is 7.42. The molecule has 0 aromatic heterocycles. The van der Waals surface area contributed by atoms with E-state index in [-0.39, 0.29) is 17.8 Å². The highest BCUT2D eigenvalue weighted by atomic mass is 32.1. The van der Waals surface area contributed by atoms with Crippen LogP contribution in [0.25, 0.3) is 0 Å².